The Bertz CT molecular complexity index is 1080. The van der Waals surface area contributed by atoms with Crippen molar-refractivity contribution in [3.63, 3.8) is 0 Å². The Balaban J connectivity index is 2.44. The van der Waals surface area contributed by atoms with Gasteiger partial charge in [0.1, 0.15) is 6.10 Å². The SMILES string of the molecule is Cc1cn(OP(=O)(O[C@]2(O)C[C@H](O)[C@@H](CO)O2)OP(=O)(O)OP(=O)(O)O)c(=O)[nH]c1=O. The molecular weight excluding hydrogens is 497 g/mol. The molecule has 21 heteroatoms. The summed E-state index contributed by atoms with van der Waals surface area (Å²) in [6, 6.07) is 0. The maximum absolute atomic E-state index is 12.9. The summed E-state index contributed by atoms with van der Waals surface area (Å²) in [6.07, 6.45) is -3.39. The summed E-state index contributed by atoms with van der Waals surface area (Å²) >= 11 is 0. The molecule has 0 saturated carbocycles. The summed E-state index contributed by atoms with van der Waals surface area (Å²) in [4.78, 5) is 51.7. The van der Waals surface area contributed by atoms with Crippen LogP contribution in [0.4, 0.5) is 0 Å². The van der Waals surface area contributed by atoms with Crippen LogP contribution in [0.3, 0.4) is 0 Å². The average molecular weight is 514 g/mol. The quantitative estimate of drug-likeness (QED) is 0.132. The molecule has 7 N–H and O–H groups in total. The fourth-order valence-electron chi connectivity index (χ4n) is 2.19. The Morgan fingerprint density at radius 2 is 1.87 bits per heavy atom. The number of aromatic amines is 1. The van der Waals surface area contributed by atoms with E-state index in [1.807, 2.05) is 0 Å². The Morgan fingerprint density at radius 1 is 1.26 bits per heavy atom. The minimum Gasteiger partial charge on any atom is -0.394 e. The molecule has 0 aliphatic carbocycles. The molecule has 178 valence electrons. The van der Waals surface area contributed by atoms with Gasteiger partial charge in [0.25, 0.3) is 11.5 Å². The van der Waals surface area contributed by atoms with E-state index < -0.39 is 65.9 Å². The topological polar surface area (TPSA) is 274 Å². The van der Waals surface area contributed by atoms with E-state index in [1.165, 1.54) is 0 Å². The third kappa shape index (κ3) is 7.13. The van der Waals surface area contributed by atoms with Crippen molar-refractivity contribution in [1.82, 2.24) is 9.71 Å². The normalized spacial score (nSPS) is 28.1. The van der Waals surface area contributed by atoms with Crippen LogP contribution in [0.1, 0.15) is 12.0 Å². The number of hydrogen-bond donors (Lipinski definition) is 7. The number of aliphatic hydroxyl groups is 3. The van der Waals surface area contributed by atoms with Gasteiger partial charge in [0.2, 0.25) is 0 Å². The highest BCUT2D eigenvalue weighted by molar-refractivity contribution is 7.66. The number of nitrogens with zero attached hydrogens (tertiary/aromatic N) is 1. The van der Waals surface area contributed by atoms with E-state index in [1.54, 1.807) is 4.98 Å². The van der Waals surface area contributed by atoms with Crippen LogP contribution in [0, 0.1) is 6.92 Å². The van der Waals surface area contributed by atoms with Crippen molar-refractivity contribution in [1.29, 1.82) is 0 Å². The Labute approximate surface area is 171 Å². The number of ether oxygens (including phenoxy) is 1. The third-order valence-corrected chi connectivity index (χ3v) is 7.54. The zero-order valence-electron chi connectivity index (χ0n) is 15.2. The predicted molar refractivity (Wildman–Crippen MR) is 92.9 cm³/mol. The monoisotopic (exact) mass is 514 g/mol. The Hall–Kier alpha value is -1.23. The van der Waals surface area contributed by atoms with Gasteiger partial charge >= 0.3 is 29.2 Å². The van der Waals surface area contributed by atoms with Crippen molar-refractivity contribution >= 4 is 23.5 Å². The molecule has 1 aromatic rings. The van der Waals surface area contributed by atoms with Gasteiger partial charge in [-0.2, -0.15) is 8.62 Å². The van der Waals surface area contributed by atoms with Crippen molar-refractivity contribution in [3.05, 3.63) is 32.6 Å². The summed E-state index contributed by atoms with van der Waals surface area (Å²) in [5.41, 5.74) is -2.53. The van der Waals surface area contributed by atoms with E-state index in [0.29, 0.717) is 6.20 Å². The first-order valence-corrected chi connectivity index (χ1v) is 12.3. The van der Waals surface area contributed by atoms with E-state index >= 15 is 0 Å². The number of phosphoric acid groups is 3. The largest absolute Gasteiger partial charge is 0.562 e. The lowest BCUT2D eigenvalue weighted by Gasteiger charge is -2.27. The molecule has 0 bridgehead atoms. The summed E-state index contributed by atoms with van der Waals surface area (Å²) in [7, 11) is -17.5. The molecule has 1 saturated heterocycles. The van der Waals surface area contributed by atoms with Crippen LogP contribution in [-0.4, -0.2) is 64.5 Å². The van der Waals surface area contributed by atoms with Gasteiger partial charge in [-0.15, -0.1) is 4.73 Å². The van der Waals surface area contributed by atoms with Crippen LogP contribution in [0.2, 0.25) is 0 Å². The molecule has 31 heavy (non-hydrogen) atoms. The fourth-order valence-corrected chi connectivity index (χ4v) is 5.75. The third-order valence-electron chi connectivity index (χ3n) is 3.36. The first-order valence-electron chi connectivity index (χ1n) is 7.80. The zero-order valence-corrected chi connectivity index (χ0v) is 17.9. The van der Waals surface area contributed by atoms with E-state index in [0.717, 1.165) is 6.92 Å². The van der Waals surface area contributed by atoms with Crippen molar-refractivity contribution < 1.29 is 66.2 Å². The minimum atomic E-state index is -5.98. The molecule has 0 spiro atoms. The van der Waals surface area contributed by atoms with Gasteiger partial charge in [-0.25, -0.2) is 23.0 Å². The van der Waals surface area contributed by atoms with Gasteiger partial charge in [0.15, 0.2) is 0 Å². The lowest BCUT2D eigenvalue weighted by molar-refractivity contribution is -0.316. The average Bonchev–Trinajstić information content (AvgIpc) is 2.82. The van der Waals surface area contributed by atoms with E-state index in [-0.39, 0.29) is 10.3 Å². The second-order valence-corrected chi connectivity index (χ2v) is 10.4. The van der Waals surface area contributed by atoms with Crippen molar-refractivity contribution in [3.8, 4) is 0 Å². The minimum absolute atomic E-state index is 0.0206. The summed E-state index contributed by atoms with van der Waals surface area (Å²) in [6.45, 7) is 0.297. The van der Waals surface area contributed by atoms with Crippen LogP contribution >= 0.6 is 23.5 Å². The molecule has 18 nitrogen and oxygen atoms in total. The zero-order chi connectivity index (χ0) is 23.8. The van der Waals surface area contributed by atoms with Crippen LogP contribution in [0.15, 0.2) is 15.8 Å². The number of rotatable bonds is 9. The first kappa shape index (κ1) is 26.0. The molecular formula is C10H17N2O16P3. The maximum atomic E-state index is 12.9. The predicted octanol–water partition coefficient (Wildman–Crippen LogP) is -2.59. The van der Waals surface area contributed by atoms with Crippen molar-refractivity contribution in [2.24, 2.45) is 0 Å². The lowest BCUT2D eigenvalue weighted by atomic mass is 10.2. The highest BCUT2D eigenvalue weighted by Gasteiger charge is 2.55. The van der Waals surface area contributed by atoms with Crippen LogP contribution in [0.25, 0.3) is 0 Å². The van der Waals surface area contributed by atoms with Gasteiger partial charge in [-0.3, -0.25) is 9.78 Å². The van der Waals surface area contributed by atoms with E-state index in [4.69, 9.17) is 19.6 Å². The Kier molecular flexibility index (Phi) is 7.52. The number of aliphatic hydroxyl groups excluding tert-OH is 2. The highest BCUT2D eigenvalue weighted by Crippen LogP contribution is 2.68. The highest BCUT2D eigenvalue weighted by atomic mass is 31.3. The molecule has 1 aliphatic heterocycles. The second-order valence-electron chi connectivity index (χ2n) is 5.96. The number of H-pyrrole nitrogens is 1. The number of nitrogens with one attached hydrogen (secondary N) is 1. The van der Waals surface area contributed by atoms with Crippen LogP contribution in [0.5, 0.6) is 0 Å². The number of aryl methyl sites for hydroxylation is 1. The van der Waals surface area contributed by atoms with E-state index in [2.05, 4.69) is 17.8 Å². The second kappa shape index (κ2) is 8.96. The molecule has 1 aromatic heterocycles. The first-order chi connectivity index (χ1) is 14.0. The molecule has 1 aliphatic rings. The van der Waals surface area contributed by atoms with E-state index in [9.17, 15) is 38.4 Å². The number of hydrogen-bond acceptors (Lipinski definition) is 13. The molecule has 2 heterocycles. The standard InChI is InChI=1S/C10H17N2O16P3/c1-5-3-12(9(16)11-8(5)15)26-31(23,28-30(21,22)27-29(18,19)20)25-10(17)2-6(14)7(4-13)24-10/h3,6-7,13-14,17H,2,4H2,1H3,(H,21,22)(H,11,15,16)(H2,18,19,20)/t6-,7+,10-,31?/m0/s1. The number of aromatic nitrogens is 2. The van der Waals surface area contributed by atoms with Crippen LogP contribution in [-0.2, 0) is 31.6 Å². The lowest BCUT2D eigenvalue weighted by Crippen LogP contribution is -2.37. The molecule has 0 radical (unpaired) electrons. The molecule has 0 aromatic carbocycles. The molecule has 2 unspecified atom stereocenters. The summed E-state index contributed by atoms with van der Waals surface area (Å²) in [5, 5.41) is 29.0. The van der Waals surface area contributed by atoms with Crippen LogP contribution < -0.4 is 15.9 Å². The van der Waals surface area contributed by atoms with Gasteiger partial charge in [-0.05, 0) is 6.92 Å². The molecule has 5 atom stereocenters. The molecule has 1 fully saturated rings. The summed E-state index contributed by atoms with van der Waals surface area (Å²) < 4.78 is 56.8. The molecule has 2 rings (SSSR count). The van der Waals surface area contributed by atoms with Crippen molar-refractivity contribution in [2.45, 2.75) is 31.5 Å². The van der Waals surface area contributed by atoms with Gasteiger partial charge in [-0.1, -0.05) is 0 Å². The fraction of sp³-hybridized carbons (Fsp3) is 0.600. The van der Waals surface area contributed by atoms with Gasteiger partial charge in [0, 0.05) is 5.56 Å². The maximum Gasteiger partial charge on any atom is 0.562 e. The molecule has 0 amide bonds. The van der Waals surface area contributed by atoms with Gasteiger partial charge < -0.3 is 39.4 Å². The van der Waals surface area contributed by atoms with Gasteiger partial charge in [0.05, 0.1) is 25.3 Å². The summed E-state index contributed by atoms with van der Waals surface area (Å²) in [5.74, 6) is -3.11. The smallest absolute Gasteiger partial charge is 0.394 e. The van der Waals surface area contributed by atoms with Crippen molar-refractivity contribution in [2.75, 3.05) is 6.61 Å². The Morgan fingerprint density at radius 3 is 2.39 bits per heavy atom.